The van der Waals surface area contributed by atoms with E-state index >= 15 is 0 Å². The smallest absolute Gasteiger partial charge is 0.321 e. The molecule has 150 valence electrons. The third-order valence-electron chi connectivity index (χ3n) is 4.80. The summed E-state index contributed by atoms with van der Waals surface area (Å²) >= 11 is 6.27. The van der Waals surface area contributed by atoms with Gasteiger partial charge in [0.05, 0.1) is 0 Å². The molecule has 0 amide bonds. The number of aromatic nitrogens is 2. The van der Waals surface area contributed by atoms with Crippen molar-refractivity contribution in [3.63, 3.8) is 0 Å². The van der Waals surface area contributed by atoms with Gasteiger partial charge in [0.2, 0.25) is 0 Å². The molecule has 1 aromatic heterocycles. The van der Waals surface area contributed by atoms with Crippen LogP contribution in [0.4, 0.5) is 0 Å². The number of nitrogens with one attached hydrogen (secondary N) is 2. The molecule has 0 fully saturated rings. The Morgan fingerprint density at radius 3 is 2.59 bits per heavy atom. The fourth-order valence-corrected chi connectivity index (χ4v) is 3.39. The summed E-state index contributed by atoms with van der Waals surface area (Å²) in [7, 11) is 0. The van der Waals surface area contributed by atoms with Crippen LogP contribution in [0.15, 0.2) is 73.4 Å². The van der Waals surface area contributed by atoms with E-state index in [4.69, 9.17) is 11.6 Å². The summed E-state index contributed by atoms with van der Waals surface area (Å²) in [5.41, 5.74) is 2.83. The zero-order valence-electron chi connectivity index (χ0n) is 16.0. The Morgan fingerprint density at radius 1 is 1.17 bits per heavy atom. The van der Waals surface area contributed by atoms with Crippen molar-refractivity contribution in [2.75, 3.05) is 0 Å². The predicted molar refractivity (Wildman–Crippen MR) is 115 cm³/mol. The van der Waals surface area contributed by atoms with Gasteiger partial charge >= 0.3 is 5.97 Å². The van der Waals surface area contributed by atoms with E-state index < -0.39 is 12.0 Å². The van der Waals surface area contributed by atoms with Crippen molar-refractivity contribution in [1.29, 1.82) is 0 Å². The Hall–Kier alpha value is -2.89. The number of aromatic amines is 1. The second-order valence-corrected chi connectivity index (χ2v) is 7.30. The van der Waals surface area contributed by atoms with Gasteiger partial charge in [-0.2, -0.15) is 0 Å². The van der Waals surface area contributed by atoms with Gasteiger partial charge < -0.3 is 10.1 Å². The Kier molecular flexibility index (Phi) is 7.22. The van der Waals surface area contributed by atoms with Gasteiger partial charge in [-0.1, -0.05) is 66.2 Å². The number of allylic oxidation sites excluding steroid dienone is 1. The number of imidazole rings is 1. The maximum Gasteiger partial charge on any atom is 0.321 e. The number of halogens is 1. The lowest BCUT2D eigenvalue weighted by molar-refractivity contribution is -0.139. The molecule has 1 heterocycles. The summed E-state index contributed by atoms with van der Waals surface area (Å²) in [4.78, 5) is 19.3. The Labute approximate surface area is 175 Å². The number of aliphatic carboxylic acids is 1. The van der Waals surface area contributed by atoms with Gasteiger partial charge in [0.1, 0.15) is 11.9 Å². The number of H-pyrrole nitrogens is 1. The predicted octanol–water partition coefficient (Wildman–Crippen LogP) is 4.36. The average Bonchev–Trinajstić information content (AvgIpc) is 3.20. The molecule has 3 aromatic rings. The summed E-state index contributed by atoms with van der Waals surface area (Å²) < 4.78 is 0. The summed E-state index contributed by atoms with van der Waals surface area (Å²) in [6.07, 6.45) is 4.68. The number of hydrogen-bond donors (Lipinski definition) is 3. The molecular weight excluding hydrogens is 386 g/mol. The highest BCUT2D eigenvalue weighted by atomic mass is 35.5. The number of benzene rings is 2. The monoisotopic (exact) mass is 409 g/mol. The lowest BCUT2D eigenvalue weighted by Gasteiger charge is -2.14. The molecular formula is C23H24ClN3O2. The van der Waals surface area contributed by atoms with Crippen LogP contribution in [0.2, 0.25) is 5.02 Å². The number of rotatable bonds is 10. The van der Waals surface area contributed by atoms with Crippen molar-refractivity contribution in [2.24, 2.45) is 0 Å². The highest BCUT2D eigenvalue weighted by Gasteiger charge is 2.19. The van der Waals surface area contributed by atoms with Crippen LogP contribution >= 0.6 is 11.6 Å². The standard InChI is InChI=1S/C23H24ClN3O2/c1-2-17(13-18-10-6-7-11-20(18)24)22-26-15-19(27-22)14-25-21(23(28)29)12-16-8-4-3-5-9-16/h2-11,15,17,21,25H,1,12-14H2,(H,26,27)(H,28,29)/t17?,21-/m0/s1. The molecule has 5 nitrogen and oxygen atoms in total. The largest absolute Gasteiger partial charge is 0.480 e. The average molecular weight is 410 g/mol. The first kappa shape index (κ1) is 20.8. The van der Waals surface area contributed by atoms with Gasteiger partial charge in [-0.15, -0.1) is 6.58 Å². The molecule has 6 heteroatoms. The molecule has 0 aliphatic rings. The van der Waals surface area contributed by atoms with E-state index in [0.717, 1.165) is 27.7 Å². The fourth-order valence-electron chi connectivity index (χ4n) is 3.18. The van der Waals surface area contributed by atoms with Crippen LogP contribution in [0.5, 0.6) is 0 Å². The van der Waals surface area contributed by atoms with Crippen molar-refractivity contribution in [3.05, 3.63) is 101 Å². The normalized spacial score (nSPS) is 13.0. The van der Waals surface area contributed by atoms with Gasteiger partial charge in [0.25, 0.3) is 0 Å². The minimum atomic E-state index is -0.878. The Bertz CT molecular complexity index is 956. The Balaban J connectivity index is 1.63. The van der Waals surface area contributed by atoms with E-state index in [1.165, 1.54) is 0 Å². The number of nitrogens with zero attached hydrogens (tertiary/aromatic N) is 1. The minimum Gasteiger partial charge on any atom is -0.480 e. The maximum absolute atomic E-state index is 11.6. The molecule has 0 aliphatic carbocycles. The van der Waals surface area contributed by atoms with Crippen molar-refractivity contribution in [1.82, 2.24) is 15.3 Å². The van der Waals surface area contributed by atoms with Gasteiger partial charge in [-0.3, -0.25) is 10.1 Å². The zero-order chi connectivity index (χ0) is 20.6. The van der Waals surface area contributed by atoms with E-state index in [2.05, 4.69) is 21.9 Å². The third-order valence-corrected chi connectivity index (χ3v) is 5.17. The number of carboxylic acid groups (broad SMARTS) is 1. The quantitative estimate of drug-likeness (QED) is 0.435. The van der Waals surface area contributed by atoms with Crippen molar-refractivity contribution in [3.8, 4) is 0 Å². The molecule has 1 unspecified atom stereocenters. The van der Waals surface area contributed by atoms with Crippen LogP contribution in [0.25, 0.3) is 0 Å². The van der Waals surface area contributed by atoms with Crippen LogP contribution in [0.3, 0.4) is 0 Å². The van der Waals surface area contributed by atoms with E-state index in [1.54, 1.807) is 6.20 Å². The lowest BCUT2D eigenvalue weighted by Crippen LogP contribution is -2.38. The zero-order valence-corrected chi connectivity index (χ0v) is 16.8. The molecule has 0 aliphatic heterocycles. The first-order valence-electron chi connectivity index (χ1n) is 9.46. The summed E-state index contributed by atoms with van der Waals surface area (Å²) in [6, 6.07) is 16.6. The molecule has 0 bridgehead atoms. The van der Waals surface area contributed by atoms with E-state index in [-0.39, 0.29) is 5.92 Å². The number of hydrogen-bond acceptors (Lipinski definition) is 3. The van der Waals surface area contributed by atoms with Gasteiger partial charge in [0.15, 0.2) is 0 Å². The van der Waals surface area contributed by atoms with Crippen LogP contribution in [0.1, 0.15) is 28.6 Å². The molecule has 29 heavy (non-hydrogen) atoms. The van der Waals surface area contributed by atoms with Crippen molar-refractivity contribution < 1.29 is 9.90 Å². The second kappa shape index (κ2) is 10.0. The van der Waals surface area contributed by atoms with Gasteiger partial charge in [-0.25, -0.2) is 4.98 Å². The molecule has 3 N–H and O–H groups in total. The van der Waals surface area contributed by atoms with E-state index in [1.807, 2.05) is 60.7 Å². The topological polar surface area (TPSA) is 78.0 Å². The first-order chi connectivity index (χ1) is 14.1. The molecule has 2 atom stereocenters. The van der Waals surface area contributed by atoms with E-state index in [9.17, 15) is 9.90 Å². The van der Waals surface area contributed by atoms with Crippen molar-refractivity contribution in [2.45, 2.75) is 31.3 Å². The van der Waals surface area contributed by atoms with Crippen LogP contribution in [-0.4, -0.2) is 27.1 Å². The molecule has 0 radical (unpaired) electrons. The SMILES string of the molecule is C=CC(Cc1ccccc1Cl)c1ncc(CN[C@@H](Cc2ccccc2)C(=O)O)[nH]1. The van der Waals surface area contributed by atoms with Crippen LogP contribution in [-0.2, 0) is 24.2 Å². The molecule has 3 rings (SSSR count). The second-order valence-electron chi connectivity index (χ2n) is 6.89. The fraction of sp³-hybridized carbons (Fsp3) is 0.217. The highest BCUT2D eigenvalue weighted by molar-refractivity contribution is 6.31. The van der Waals surface area contributed by atoms with E-state index in [0.29, 0.717) is 19.4 Å². The highest BCUT2D eigenvalue weighted by Crippen LogP contribution is 2.24. The number of carboxylic acids is 1. The van der Waals surface area contributed by atoms with Crippen LogP contribution < -0.4 is 5.32 Å². The van der Waals surface area contributed by atoms with Gasteiger partial charge in [-0.05, 0) is 30.0 Å². The molecule has 0 spiro atoms. The van der Waals surface area contributed by atoms with Crippen LogP contribution in [0, 0.1) is 0 Å². The first-order valence-corrected chi connectivity index (χ1v) is 9.84. The summed E-state index contributed by atoms with van der Waals surface area (Å²) in [6.45, 7) is 4.30. The third kappa shape index (κ3) is 5.79. The number of carbonyl (C=O) groups is 1. The molecule has 2 aromatic carbocycles. The lowest BCUT2D eigenvalue weighted by atomic mass is 9.99. The summed E-state index contributed by atoms with van der Waals surface area (Å²) in [5.74, 6) is -0.105. The van der Waals surface area contributed by atoms with Gasteiger partial charge in [0, 0.05) is 29.4 Å². The molecule has 0 saturated heterocycles. The summed E-state index contributed by atoms with van der Waals surface area (Å²) in [5, 5.41) is 13.3. The molecule has 0 saturated carbocycles. The minimum absolute atomic E-state index is 0.0109. The Morgan fingerprint density at radius 2 is 1.90 bits per heavy atom. The van der Waals surface area contributed by atoms with Crippen molar-refractivity contribution >= 4 is 17.6 Å². The maximum atomic E-state index is 11.6.